The molecule has 0 fully saturated rings. The van der Waals surface area contributed by atoms with Gasteiger partial charge in [-0.05, 0) is 24.5 Å². The fourth-order valence-corrected chi connectivity index (χ4v) is 2.36. The van der Waals surface area contributed by atoms with Crippen LogP contribution in [0.2, 0.25) is 0 Å². The molecular weight excluding hydrogens is 256 g/mol. The highest BCUT2D eigenvalue weighted by molar-refractivity contribution is 5.82. The number of esters is 1. The SMILES string of the molecule is COC(=O)CCCNC(=O)CN1CCc2ccccc21. The Hall–Kier alpha value is -2.04. The highest BCUT2D eigenvalue weighted by Gasteiger charge is 2.20. The number of rotatable bonds is 6. The van der Waals surface area contributed by atoms with Crippen molar-refractivity contribution in [1.29, 1.82) is 0 Å². The van der Waals surface area contributed by atoms with Gasteiger partial charge >= 0.3 is 5.97 Å². The molecule has 0 spiro atoms. The minimum Gasteiger partial charge on any atom is -0.469 e. The number of hydrogen-bond donors (Lipinski definition) is 1. The molecule has 1 aliphatic heterocycles. The predicted molar refractivity (Wildman–Crippen MR) is 76.6 cm³/mol. The Bertz CT molecular complexity index is 488. The predicted octanol–water partition coefficient (Wildman–Crippen LogP) is 1.12. The lowest BCUT2D eigenvalue weighted by molar-refractivity contribution is -0.140. The lowest BCUT2D eigenvalue weighted by Gasteiger charge is -2.18. The Balaban J connectivity index is 1.72. The highest BCUT2D eigenvalue weighted by Crippen LogP contribution is 2.26. The monoisotopic (exact) mass is 276 g/mol. The van der Waals surface area contributed by atoms with Gasteiger partial charge in [0.25, 0.3) is 0 Å². The van der Waals surface area contributed by atoms with E-state index in [9.17, 15) is 9.59 Å². The van der Waals surface area contributed by atoms with Crippen molar-refractivity contribution in [2.75, 3.05) is 31.6 Å². The van der Waals surface area contributed by atoms with Gasteiger partial charge in [-0.3, -0.25) is 9.59 Å². The quantitative estimate of drug-likeness (QED) is 0.625. The summed E-state index contributed by atoms with van der Waals surface area (Å²) < 4.78 is 4.54. The Morgan fingerprint density at radius 1 is 1.35 bits per heavy atom. The molecule has 0 aliphatic carbocycles. The van der Waals surface area contributed by atoms with E-state index in [2.05, 4.69) is 21.0 Å². The van der Waals surface area contributed by atoms with Crippen molar-refractivity contribution >= 4 is 17.6 Å². The normalized spacial score (nSPS) is 12.9. The summed E-state index contributed by atoms with van der Waals surface area (Å²) in [6, 6.07) is 8.16. The third-order valence-corrected chi connectivity index (χ3v) is 3.43. The number of methoxy groups -OCH3 is 1. The first-order chi connectivity index (χ1) is 9.70. The molecule has 2 rings (SSSR count). The largest absolute Gasteiger partial charge is 0.469 e. The highest BCUT2D eigenvalue weighted by atomic mass is 16.5. The lowest BCUT2D eigenvalue weighted by atomic mass is 10.2. The summed E-state index contributed by atoms with van der Waals surface area (Å²) in [4.78, 5) is 24.9. The number of fused-ring (bicyclic) bond motifs is 1. The van der Waals surface area contributed by atoms with E-state index in [1.54, 1.807) is 0 Å². The van der Waals surface area contributed by atoms with E-state index in [-0.39, 0.29) is 11.9 Å². The molecule has 1 aromatic rings. The Labute approximate surface area is 118 Å². The van der Waals surface area contributed by atoms with E-state index in [4.69, 9.17) is 0 Å². The summed E-state index contributed by atoms with van der Waals surface area (Å²) in [6.45, 7) is 1.76. The fraction of sp³-hybridized carbons (Fsp3) is 0.467. The van der Waals surface area contributed by atoms with Crippen LogP contribution in [0.4, 0.5) is 5.69 Å². The van der Waals surface area contributed by atoms with E-state index in [1.807, 2.05) is 18.2 Å². The zero-order valence-electron chi connectivity index (χ0n) is 11.7. The molecule has 0 bridgehead atoms. The molecule has 5 nitrogen and oxygen atoms in total. The number of para-hydroxylation sites is 1. The number of benzene rings is 1. The molecule has 0 atom stereocenters. The molecule has 1 N–H and O–H groups in total. The zero-order valence-corrected chi connectivity index (χ0v) is 11.7. The maximum absolute atomic E-state index is 11.9. The minimum atomic E-state index is -0.243. The molecule has 0 saturated heterocycles. The molecule has 0 saturated carbocycles. The number of ether oxygens (including phenoxy) is 1. The number of anilines is 1. The fourth-order valence-electron chi connectivity index (χ4n) is 2.36. The Kier molecular flexibility index (Phi) is 4.98. The molecule has 5 heteroatoms. The van der Waals surface area contributed by atoms with Crippen LogP contribution in [-0.4, -0.2) is 38.6 Å². The van der Waals surface area contributed by atoms with Crippen molar-refractivity contribution < 1.29 is 14.3 Å². The second-order valence-corrected chi connectivity index (χ2v) is 4.83. The Morgan fingerprint density at radius 2 is 2.15 bits per heavy atom. The summed E-state index contributed by atoms with van der Waals surface area (Å²) in [5.41, 5.74) is 2.45. The summed E-state index contributed by atoms with van der Waals surface area (Å²) in [5.74, 6) is -0.251. The van der Waals surface area contributed by atoms with Crippen molar-refractivity contribution in [3.63, 3.8) is 0 Å². The van der Waals surface area contributed by atoms with Gasteiger partial charge in [-0.1, -0.05) is 18.2 Å². The summed E-state index contributed by atoms with van der Waals surface area (Å²) in [7, 11) is 1.37. The van der Waals surface area contributed by atoms with Crippen molar-refractivity contribution in [3.05, 3.63) is 29.8 Å². The van der Waals surface area contributed by atoms with E-state index in [0.717, 1.165) is 18.7 Å². The molecule has 20 heavy (non-hydrogen) atoms. The van der Waals surface area contributed by atoms with Crippen LogP contribution < -0.4 is 10.2 Å². The van der Waals surface area contributed by atoms with Gasteiger partial charge in [-0.25, -0.2) is 0 Å². The maximum atomic E-state index is 11.9. The molecule has 0 unspecified atom stereocenters. The first-order valence-electron chi connectivity index (χ1n) is 6.87. The summed E-state index contributed by atoms with van der Waals surface area (Å²) >= 11 is 0. The smallest absolute Gasteiger partial charge is 0.305 e. The minimum absolute atomic E-state index is 0.00781. The molecule has 1 aliphatic rings. The van der Waals surface area contributed by atoms with Crippen LogP contribution >= 0.6 is 0 Å². The van der Waals surface area contributed by atoms with Gasteiger partial charge in [-0.15, -0.1) is 0 Å². The molecule has 0 radical (unpaired) electrons. The van der Waals surface area contributed by atoms with Crippen LogP contribution in [0.1, 0.15) is 18.4 Å². The van der Waals surface area contributed by atoms with Gasteiger partial charge < -0.3 is 15.0 Å². The van der Waals surface area contributed by atoms with Crippen molar-refractivity contribution in [2.24, 2.45) is 0 Å². The summed E-state index contributed by atoms with van der Waals surface area (Å²) in [5, 5.41) is 2.83. The second kappa shape index (κ2) is 6.93. The first-order valence-corrected chi connectivity index (χ1v) is 6.87. The number of nitrogens with one attached hydrogen (secondary N) is 1. The number of amides is 1. The van der Waals surface area contributed by atoms with Crippen LogP contribution in [0.15, 0.2) is 24.3 Å². The average Bonchev–Trinajstić information content (AvgIpc) is 2.86. The molecule has 1 amide bonds. The number of carbonyl (C=O) groups is 2. The third-order valence-electron chi connectivity index (χ3n) is 3.43. The average molecular weight is 276 g/mol. The van der Waals surface area contributed by atoms with Crippen molar-refractivity contribution in [3.8, 4) is 0 Å². The maximum Gasteiger partial charge on any atom is 0.305 e. The molecule has 108 valence electrons. The molecular formula is C15H20N2O3. The topological polar surface area (TPSA) is 58.6 Å². The number of nitrogens with zero attached hydrogens (tertiary/aromatic N) is 1. The van der Waals surface area contributed by atoms with Crippen LogP contribution in [0, 0.1) is 0 Å². The molecule has 0 aromatic heterocycles. The molecule has 1 heterocycles. The zero-order chi connectivity index (χ0) is 14.4. The van der Waals surface area contributed by atoms with E-state index < -0.39 is 0 Å². The summed E-state index contributed by atoms with van der Waals surface area (Å²) in [6.07, 6.45) is 1.93. The number of hydrogen-bond acceptors (Lipinski definition) is 4. The van der Waals surface area contributed by atoms with Gasteiger partial charge in [0.05, 0.1) is 13.7 Å². The third kappa shape index (κ3) is 3.73. The van der Waals surface area contributed by atoms with Gasteiger partial charge in [0.1, 0.15) is 0 Å². The standard InChI is InChI=1S/C15H20N2O3/c1-20-15(19)7-4-9-16-14(18)11-17-10-8-12-5-2-3-6-13(12)17/h2-3,5-6H,4,7-11H2,1H3,(H,16,18). The van der Waals surface area contributed by atoms with Gasteiger partial charge in [0.15, 0.2) is 0 Å². The van der Waals surface area contributed by atoms with Crippen LogP contribution in [-0.2, 0) is 20.7 Å². The van der Waals surface area contributed by atoms with Crippen LogP contribution in [0.25, 0.3) is 0 Å². The lowest BCUT2D eigenvalue weighted by Crippen LogP contribution is -2.36. The van der Waals surface area contributed by atoms with E-state index >= 15 is 0 Å². The second-order valence-electron chi connectivity index (χ2n) is 4.83. The van der Waals surface area contributed by atoms with E-state index in [1.165, 1.54) is 12.7 Å². The van der Waals surface area contributed by atoms with Gasteiger partial charge in [-0.2, -0.15) is 0 Å². The first kappa shape index (κ1) is 14.4. The van der Waals surface area contributed by atoms with Crippen LogP contribution in [0.3, 0.4) is 0 Å². The van der Waals surface area contributed by atoms with Gasteiger partial charge in [0, 0.05) is 25.2 Å². The molecule has 1 aromatic carbocycles. The van der Waals surface area contributed by atoms with E-state index in [0.29, 0.717) is 25.9 Å². The van der Waals surface area contributed by atoms with Crippen molar-refractivity contribution in [1.82, 2.24) is 5.32 Å². The van der Waals surface area contributed by atoms with Crippen LogP contribution in [0.5, 0.6) is 0 Å². The Morgan fingerprint density at radius 3 is 2.95 bits per heavy atom. The van der Waals surface area contributed by atoms with Gasteiger partial charge in [0.2, 0.25) is 5.91 Å². The van der Waals surface area contributed by atoms with Crippen molar-refractivity contribution in [2.45, 2.75) is 19.3 Å². The number of carbonyl (C=O) groups excluding carboxylic acids is 2.